The Morgan fingerprint density at radius 2 is 2.06 bits per heavy atom. The maximum absolute atomic E-state index is 11.7. The van der Waals surface area contributed by atoms with E-state index in [-0.39, 0.29) is 18.4 Å². The number of ether oxygens (including phenoxy) is 2. The number of rotatable bonds is 1. The molecule has 1 heterocycles. The Kier molecular flexibility index (Phi) is 2.65. The number of Topliss-reactive ketones (excluding diaryl/α,β-unsaturated/α-hetero) is 1. The zero-order chi connectivity index (χ0) is 12.6. The lowest BCUT2D eigenvalue weighted by atomic mass is 9.97. The lowest BCUT2D eigenvalue weighted by Gasteiger charge is -2.16. The molecule has 0 unspecified atom stereocenters. The largest absolute Gasteiger partial charge is 0.485 e. The summed E-state index contributed by atoms with van der Waals surface area (Å²) in [4.78, 5) is 23.1. The average Bonchev–Trinajstić information content (AvgIpc) is 2.59. The first kappa shape index (κ1) is 11.6. The first-order chi connectivity index (χ1) is 7.88. The Labute approximate surface area is 99.5 Å². The van der Waals surface area contributed by atoms with Crippen LogP contribution in [-0.2, 0) is 4.79 Å². The predicted octanol–water partition coefficient (Wildman–Crippen LogP) is 2.21. The Morgan fingerprint density at radius 3 is 2.71 bits per heavy atom. The van der Waals surface area contributed by atoms with Crippen molar-refractivity contribution in [3.63, 3.8) is 0 Å². The Balaban J connectivity index is 2.22. The van der Waals surface area contributed by atoms with Crippen molar-refractivity contribution >= 4 is 11.8 Å². The Bertz CT molecular complexity index is 483. The van der Waals surface area contributed by atoms with Gasteiger partial charge in [-0.2, -0.15) is 0 Å². The Morgan fingerprint density at radius 1 is 1.35 bits per heavy atom. The normalized spacial score (nSPS) is 14.2. The molecule has 0 radical (unpaired) electrons. The highest BCUT2D eigenvalue weighted by molar-refractivity contribution is 6.02. The molecule has 0 aromatic heterocycles. The topological polar surface area (TPSA) is 52.6 Å². The summed E-state index contributed by atoms with van der Waals surface area (Å²) in [5.41, 5.74) is -0.0938. The molecule has 1 aliphatic rings. The van der Waals surface area contributed by atoms with Crippen molar-refractivity contribution in [1.29, 1.82) is 0 Å². The second-order valence-electron chi connectivity index (χ2n) is 5.01. The zero-order valence-electron chi connectivity index (χ0n) is 10.1. The summed E-state index contributed by atoms with van der Waals surface area (Å²) in [6.45, 7) is 5.39. The molecular formula is C13H14O4. The van der Waals surface area contributed by atoms with Crippen LogP contribution < -0.4 is 9.47 Å². The van der Waals surface area contributed by atoms with Crippen LogP contribution in [0.3, 0.4) is 0 Å². The smallest absolute Gasteiger partial charge is 0.316 e. The van der Waals surface area contributed by atoms with Gasteiger partial charge < -0.3 is 9.47 Å². The van der Waals surface area contributed by atoms with E-state index in [1.165, 1.54) is 0 Å². The van der Waals surface area contributed by atoms with Crippen molar-refractivity contribution in [3.8, 4) is 11.5 Å². The minimum atomic E-state index is -0.570. The van der Waals surface area contributed by atoms with Gasteiger partial charge in [0.2, 0.25) is 5.78 Å². The Hall–Kier alpha value is -1.84. The van der Waals surface area contributed by atoms with E-state index in [1.54, 1.807) is 39.0 Å². The van der Waals surface area contributed by atoms with Gasteiger partial charge in [-0.1, -0.05) is 0 Å². The molecule has 4 nitrogen and oxygen atoms in total. The number of hydrogen-bond acceptors (Lipinski definition) is 4. The van der Waals surface area contributed by atoms with Crippen molar-refractivity contribution in [2.75, 3.05) is 6.61 Å². The van der Waals surface area contributed by atoms with Crippen molar-refractivity contribution in [2.45, 2.75) is 20.8 Å². The van der Waals surface area contributed by atoms with Gasteiger partial charge in [0.25, 0.3) is 0 Å². The number of ketones is 1. The third-order valence-electron chi connectivity index (χ3n) is 2.43. The summed E-state index contributed by atoms with van der Waals surface area (Å²) in [5.74, 6) is 0.505. The van der Waals surface area contributed by atoms with E-state index in [2.05, 4.69) is 0 Å². The number of carbonyl (C=O) groups is 2. The van der Waals surface area contributed by atoms with Gasteiger partial charge in [0.1, 0.15) is 11.5 Å². The van der Waals surface area contributed by atoms with Crippen molar-refractivity contribution < 1.29 is 19.1 Å². The van der Waals surface area contributed by atoms with Gasteiger partial charge in [-0.3, -0.25) is 9.59 Å². The molecule has 1 aliphatic heterocycles. The van der Waals surface area contributed by atoms with Gasteiger partial charge in [0.05, 0.1) is 11.0 Å². The molecule has 0 bridgehead atoms. The van der Waals surface area contributed by atoms with Gasteiger partial charge in [0.15, 0.2) is 6.61 Å². The number of esters is 1. The van der Waals surface area contributed by atoms with Crippen LogP contribution in [0.2, 0.25) is 0 Å². The number of fused-ring (bicyclic) bond motifs is 1. The molecule has 0 fully saturated rings. The molecule has 0 atom stereocenters. The van der Waals surface area contributed by atoms with Crippen molar-refractivity contribution in [1.82, 2.24) is 0 Å². The van der Waals surface area contributed by atoms with Crippen LogP contribution in [0.4, 0.5) is 0 Å². The minimum absolute atomic E-state index is 0.0615. The molecule has 0 spiro atoms. The van der Waals surface area contributed by atoms with Crippen LogP contribution >= 0.6 is 0 Å². The van der Waals surface area contributed by atoms with Crippen LogP contribution in [0, 0.1) is 5.41 Å². The lowest BCUT2D eigenvalue weighted by molar-refractivity contribution is -0.143. The molecule has 0 amide bonds. The second kappa shape index (κ2) is 3.87. The maximum atomic E-state index is 11.7. The highest BCUT2D eigenvalue weighted by atomic mass is 16.5. The number of benzene rings is 1. The zero-order valence-corrected chi connectivity index (χ0v) is 10.1. The fourth-order valence-electron chi connectivity index (χ4n) is 1.40. The van der Waals surface area contributed by atoms with Gasteiger partial charge in [-0.05, 0) is 39.0 Å². The molecule has 17 heavy (non-hydrogen) atoms. The molecule has 1 aromatic carbocycles. The molecule has 1 aromatic rings. The van der Waals surface area contributed by atoms with Crippen LogP contribution in [-0.4, -0.2) is 18.4 Å². The predicted molar refractivity (Wildman–Crippen MR) is 61.4 cm³/mol. The molecule has 0 saturated carbocycles. The maximum Gasteiger partial charge on any atom is 0.316 e. The first-order valence-corrected chi connectivity index (χ1v) is 5.40. The van der Waals surface area contributed by atoms with Crippen molar-refractivity contribution in [2.24, 2.45) is 5.41 Å². The summed E-state index contributed by atoms with van der Waals surface area (Å²) in [6, 6.07) is 4.82. The van der Waals surface area contributed by atoms with E-state index in [0.29, 0.717) is 17.1 Å². The van der Waals surface area contributed by atoms with Gasteiger partial charge >= 0.3 is 5.97 Å². The third kappa shape index (κ3) is 2.30. The molecule has 0 saturated heterocycles. The molecule has 2 rings (SSSR count). The van der Waals surface area contributed by atoms with Gasteiger partial charge in [-0.15, -0.1) is 0 Å². The minimum Gasteiger partial charge on any atom is -0.485 e. The molecular weight excluding hydrogens is 220 g/mol. The molecule has 4 heteroatoms. The summed E-state index contributed by atoms with van der Waals surface area (Å²) >= 11 is 0. The van der Waals surface area contributed by atoms with E-state index >= 15 is 0 Å². The van der Waals surface area contributed by atoms with Gasteiger partial charge in [0, 0.05) is 0 Å². The van der Waals surface area contributed by atoms with Crippen LogP contribution in [0.25, 0.3) is 0 Å². The van der Waals surface area contributed by atoms with Crippen molar-refractivity contribution in [3.05, 3.63) is 23.8 Å². The van der Waals surface area contributed by atoms with Crippen LogP contribution in [0.15, 0.2) is 18.2 Å². The second-order valence-corrected chi connectivity index (χ2v) is 5.01. The van der Waals surface area contributed by atoms with E-state index in [0.717, 1.165) is 0 Å². The summed E-state index contributed by atoms with van der Waals surface area (Å²) < 4.78 is 10.4. The number of carbonyl (C=O) groups excluding carboxylic acids is 2. The average molecular weight is 234 g/mol. The quantitative estimate of drug-likeness (QED) is 0.552. The molecule has 0 aliphatic carbocycles. The monoisotopic (exact) mass is 234 g/mol. The third-order valence-corrected chi connectivity index (χ3v) is 2.43. The fourth-order valence-corrected chi connectivity index (χ4v) is 1.40. The number of hydrogen-bond donors (Lipinski definition) is 0. The SMILES string of the molecule is CC(C)(C)C(=O)Oc1ccc2c(c1)C(=O)CO2. The first-order valence-electron chi connectivity index (χ1n) is 5.40. The van der Waals surface area contributed by atoms with E-state index in [1.807, 2.05) is 0 Å². The molecule has 90 valence electrons. The van der Waals surface area contributed by atoms with Crippen LogP contribution in [0.5, 0.6) is 11.5 Å². The molecule has 0 N–H and O–H groups in total. The summed E-state index contributed by atoms with van der Waals surface area (Å²) in [6.07, 6.45) is 0. The van der Waals surface area contributed by atoms with Crippen LogP contribution in [0.1, 0.15) is 31.1 Å². The standard InChI is InChI=1S/C13H14O4/c1-13(2,3)12(15)17-8-4-5-11-9(6-8)10(14)7-16-11/h4-6H,7H2,1-3H3. The van der Waals surface area contributed by atoms with E-state index < -0.39 is 5.41 Å². The summed E-state index contributed by atoms with van der Waals surface area (Å²) in [5, 5.41) is 0. The van der Waals surface area contributed by atoms with E-state index in [9.17, 15) is 9.59 Å². The summed E-state index contributed by atoms with van der Waals surface area (Å²) in [7, 11) is 0. The fraction of sp³-hybridized carbons (Fsp3) is 0.385. The van der Waals surface area contributed by atoms with Gasteiger partial charge in [-0.25, -0.2) is 0 Å². The highest BCUT2D eigenvalue weighted by Crippen LogP contribution is 2.30. The highest BCUT2D eigenvalue weighted by Gasteiger charge is 2.26. The van der Waals surface area contributed by atoms with E-state index in [4.69, 9.17) is 9.47 Å². The lowest BCUT2D eigenvalue weighted by Crippen LogP contribution is -2.25.